The number of hydrogen-bond acceptors (Lipinski definition) is 4. The van der Waals surface area contributed by atoms with E-state index in [1.54, 1.807) is 33.5 Å². The van der Waals surface area contributed by atoms with E-state index >= 15 is 0 Å². The molecule has 0 saturated carbocycles. The molecule has 0 N–H and O–H groups in total. The normalized spacial score (nSPS) is 18.2. The number of rotatable bonds is 3. The maximum absolute atomic E-state index is 11.5. The highest BCUT2D eigenvalue weighted by atomic mass is 16.5. The Labute approximate surface area is 130 Å². The van der Waals surface area contributed by atoms with E-state index < -0.39 is 0 Å². The standard InChI is InChI=1S/C18H20O4/c1-20-14-11-12-5-4-8-18(9-6-13(19)7-10-18)15(12)17(22-3)16(14)21-2/h6-7,9-11H,4-5,8H2,1-3H3. The largest absolute Gasteiger partial charge is 0.493 e. The number of benzene rings is 1. The number of carbonyl (C=O) groups excluding carboxylic acids is 1. The van der Waals surface area contributed by atoms with Crippen LogP contribution in [0.1, 0.15) is 24.0 Å². The molecule has 0 bridgehead atoms. The summed E-state index contributed by atoms with van der Waals surface area (Å²) in [6.45, 7) is 0. The minimum atomic E-state index is -0.299. The second kappa shape index (κ2) is 5.52. The number of aryl methyl sites for hydroxylation is 1. The number of ether oxygens (including phenoxy) is 3. The van der Waals surface area contributed by atoms with Crippen molar-refractivity contribution in [3.63, 3.8) is 0 Å². The maximum Gasteiger partial charge on any atom is 0.203 e. The Hall–Kier alpha value is -2.23. The van der Waals surface area contributed by atoms with Gasteiger partial charge in [-0.15, -0.1) is 0 Å². The van der Waals surface area contributed by atoms with Crippen LogP contribution in [0, 0.1) is 0 Å². The molecule has 3 rings (SSSR count). The van der Waals surface area contributed by atoms with Crippen molar-refractivity contribution >= 4 is 5.78 Å². The van der Waals surface area contributed by atoms with Crippen LogP contribution in [-0.2, 0) is 16.6 Å². The summed E-state index contributed by atoms with van der Waals surface area (Å²) in [7, 11) is 4.88. The molecule has 0 radical (unpaired) electrons. The molecule has 22 heavy (non-hydrogen) atoms. The van der Waals surface area contributed by atoms with Crippen LogP contribution < -0.4 is 14.2 Å². The lowest BCUT2D eigenvalue weighted by Gasteiger charge is -2.37. The molecule has 1 aromatic carbocycles. The fraction of sp³-hybridized carbons (Fsp3) is 0.389. The molecule has 0 saturated heterocycles. The van der Waals surface area contributed by atoms with Crippen LogP contribution in [0.2, 0.25) is 0 Å². The summed E-state index contributed by atoms with van der Waals surface area (Å²) in [6, 6.07) is 2.02. The van der Waals surface area contributed by atoms with Gasteiger partial charge in [-0.3, -0.25) is 4.79 Å². The summed E-state index contributed by atoms with van der Waals surface area (Å²) in [4.78, 5) is 11.5. The van der Waals surface area contributed by atoms with Crippen LogP contribution in [0.25, 0.3) is 0 Å². The molecule has 2 aliphatic rings. The van der Waals surface area contributed by atoms with Crippen molar-refractivity contribution in [2.45, 2.75) is 24.7 Å². The minimum absolute atomic E-state index is 0.0252. The first-order valence-corrected chi connectivity index (χ1v) is 7.40. The SMILES string of the molecule is COc1cc2c(c(OC)c1OC)C1(C=CC(=O)C=C1)CCC2. The molecular formula is C18H20O4. The summed E-state index contributed by atoms with van der Waals surface area (Å²) in [5.74, 6) is 2.00. The molecular weight excluding hydrogens is 280 g/mol. The van der Waals surface area contributed by atoms with Gasteiger partial charge in [-0.2, -0.15) is 0 Å². The number of methoxy groups -OCH3 is 3. The highest BCUT2D eigenvalue weighted by molar-refractivity contribution is 6.01. The van der Waals surface area contributed by atoms with Crippen molar-refractivity contribution in [3.8, 4) is 17.2 Å². The van der Waals surface area contributed by atoms with Gasteiger partial charge in [0.1, 0.15) is 0 Å². The van der Waals surface area contributed by atoms with Gasteiger partial charge in [-0.05, 0) is 43.0 Å². The maximum atomic E-state index is 11.5. The molecule has 4 heteroatoms. The topological polar surface area (TPSA) is 44.8 Å². The summed E-state index contributed by atoms with van der Waals surface area (Å²) in [6.07, 6.45) is 10.2. The Morgan fingerprint density at radius 1 is 1.00 bits per heavy atom. The van der Waals surface area contributed by atoms with Gasteiger partial charge in [-0.25, -0.2) is 0 Å². The van der Waals surface area contributed by atoms with Gasteiger partial charge >= 0.3 is 0 Å². The fourth-order valence-electron chi connectivity index (χ4n) is 3.52. The van der Waals surface area contributed by atoms with Crippen molar-refractivity contribution in [2.75, 3.05) is 21.3 Å². The second-order valence-corrected chi connectivity index (χ2v) is 5.64. The summed E-state index contributed by atoms with van der Waals surface area (Å²) >= 11 is 0. The van der Waals surface area contributed by atoms with E-state index in [0.29, 0.717) is 17.2 Å². The molecule has 0 heterocycles. The van der Waals surface area contributed by atoms with E-state index in [0.717, 1.165) is 24.8 Å². The number of hydrogen-bond donors (Lipinski definition) is 0. The van der Waals surface area contributed by atoms with Gasteiger partial charge in [0.25, 0.3) is 0 Å². The highest BCUT2D eigenvalue weighted by Gasteiger charge is 2.38. The van der Waals surface area contributed by atoms with E-state index in [-0.39, 0.29) is 11.2 Å². The zero-order valence-corrected chi connectivity index (χ0v) is 13.1. The van der Waals surface area contributed by atoms with Gasteiger partial charge in [0, 0.05) is 11.0 Å². The molecule has 4 nitrogen and oxygen atoms in total. The zero-order valence-electron chi connectivity index (χ0n) is 13.1. The number of allylic oxidation sites excluding steroid dienone is 4. The Morgan fingerprint density at radius 3 is 2.27 bits per heavy atom. The molecule has 0 aliphatic heterocycles. The van der Waals surface area contributed by atoms with Crippen LogP contribution in [0.3, 0.4) is 0 Å². The highest BCUT2D eigenvalue weighted by Crippen LogP contribution is 2.52. The molecule has 2 aliphatic carbocycles. The summed E-state index contributed by atoms with van der Waals surface area (Å²) in [5.41, 5.74) is 1.97. The molecule has 116 valence electrons. The summed E-state index contributed by atoms with van der Waals surface area (Å²) < 4.78 is 16.6. The number of ketones is 1. The predicted molar refractivity (Wildman–Crippen MR) is 84.0 cm³/mol. The van der Waals surface area contributed by atoms with Gasteiger partial charge in [0.15, 0.2) is 17.3 Å². The van der Waals surface area contributed by atoms with Crippen molar-refractivity contribution < 1.29 is 19.0 Å². The van der Waals surface area contributed by atoms with Gasteiger partial charge in [0.05, 0.1) is 21.3 Å². The van der Waals surface area contributed by atoms with Gasteiger partial charge in [-0.1, -0.05) is 12.2 Å². The van der Waals surface area contributed by atoms with E-state index in [9.17, 15) is 4.79 Å². The molecule has 0 amide bonds. The van der Waals surface area contributed by atoms with Crippen LogP contribution in [0.4, 0.5) is 0 Å². The van der Waals surface area contributed by atoms with Crippen molar-refractivity contribution in [3.05, 3.63) is 41.5 Å². The molecule has 0 fully saturated rings. The zero-order chi connectivity index (χ0) is 15.7. The Bertz CT molecular complexity index is 654. The third-order valence-electron chi connectivity index (χ3n) is 4.50. The first-order chi connectivity index (χ1) is 10.6. The average molecular weight is 300 g/mol. The quantitative estimate of drug-likeness (QED) is 0.861. The Morgan fingerprint density at radius 2 is 1.68 bits per heavy atom. The lowest BCUT2D eigenvalue weighted by molar-refractivity contribution is -0.110. The molecule has 1 spiro atoms. The van der Waals surface area contributed by atoms with Crippen molar-refractivity contribution in [1.29, 1.82) is 0 Å². The third kappa shape index (κ3) is 2.10. The monoisotopic (exact) mass is 300 g/mol. The first kappa shape index (κ1) is 14.7. The lowest BCUT2D eigenvalue weighted by atomic mass is 9.67. The first-order valence-electron chi connectivity index (χ1n) is 7.40. The van der Waals surface area contributed by atoms with Crippen molar-refractivity contribution in [1.82, 2.24) is 0 Å². The van der Waals surface area contributed by atoms with Crippen LogP contribution in [0.5, 0.6) is 17.2 Å². The van der Waals surface area contributed by atoms with E-state index in [2.05, 4.69) is 0 Å². The average Bonchev–Trinajstić information content (AvgIpc) is 2.56. The van der Waals surface area contributed by atoms with Crippen LogP contribution >= 0.6 is 0 Å². The molecule has 0 aromatic heterocycles. The number of fused-ring (bicyclic) bond motifs is 2. The van der Waals surface area contributed by atoms with Crippen LogP contribution in [-0.4, -0.2) is 27.1 Å². The van der Waals surface area contributed by atoms with Crippen LogP contribution in [0.15, 0.2) is 30.4 Å². The third-order valence-corrected chi connectivity index (χ3v) is 4.50. The molecule has 1 aromatic rings. The predicted octanol–water partition coefficient (Wildman–Crippen LogP) is 2.98. The lowest BCUT2D eigenvalue weighted by Crippen LogP contribution is -2.29. The Kier molecular flexibility index (Phi) is 3.69. The van der Waals surface area contributed by atoms with Gasteiger partial charge < -0.3 is 14.2 Å². The van der Waals surface area contributed by atoms with E-state index in [4.69, 9.17) is 14.2 Å². The fourth-order valence-corrected chi connectivity index (χ4v) is 3.52. The van der Waals surface area contributed by atoms with Gasteiger partial charge in [0.2, 0.25) is 5.75 Å². The Balaban J connectivity index is 2.28. The molecule has 0 unspecified atom stereocenters. The van der Waals surface area contributed by atoms with E-state index in [1.807, 2.05) is 18.2 Å². The minimum Gasteiger partial charge on any atom is -0.493 e. The van der Waals surface area contributed by atoms with Crippen molar-refractivity contribution in [2.24, 2.45) is 0 Å². The second-order valence-electron chi connectivity index (χ2n) is 5.64. The summed E-state index contributed by atoms with van der Waals surface area (Å²) in [5, 5.41) is 0. The van der Waals surface area contributed by atoms with E-state index in [1.165, 1.54) is 5.56 Å². The molecule has 0 atom stereocenters. The smallest absolute Gasteiger partial charge is 0.203 e. The number of carbonyl (C=O) groups is 1.